The second-order valence-corrected chi connectivity index (χ2v) is 11.3. The molecule has 1 fully saturated rings. The Labute approximate surface area is 240 Å². The van der Waals surface area contributed by atoms with Gasteiger partial charge in [0.15, 0.2) is 5.13 Å². The number of amides is 1. The molecular formula is C30H26Cl2N2O4S. The van der Waals surface area contributed by atoms with Crippen LogP contribution in [0.15, 0.2) is 60.2 Å². The van der Waals surface area contributed by atoms with Crippen LogP contribution in [0, 0.1) is 13.8 Å². The molecule has 200 valence electrons. The molecule has 1 aromatic heterocycles. The Bertz CT molecular complexity index is 1650. The van der Waals surface area contributed by atoms with E-state index in [1.807, 2.05) is 26.0 Å². The molecular weight excluding hydrogens is 555 g/mol. The predicted octanol–water partition coefficient (Wildman–Crippen LogP) is 8.03. The standard InChI is InChI=1S/C30H26Cl2N2O4S/c1-4-5-11-38-20-8-6-7-19(14-20)27(35)24-26(18-9-10-21(31)22(32)15-18)34(29(37)28(24)36)30-33-25-17(3)12-16(2)13-23(25)39-30/h6-10,12-15,26,35H,4-5,11H2,1-3H3. The van der Waals surface area contributed by atoms with E-state index < -0.39 is 17.7 Å². The summed E-state index contributed by atoms with van der Waals surface area (Å²) >= 11 is 13.9. The number of carbonyl (C=O) groups excluding carboxylic acids is 2. The zero-order valence-electron chi connectivity index (χ0n) is 21.6. The molecule has 0 spiro atoms. The van der Waals surface area contributed by atoms with Crippen molar-refractivity contribution in [3.05, 3.63) is 92.5 Å². The molecule has 0 radical (unpaired) electrons. The molecule has 1 amide bonds. The van der Waals surface area contributed by atoms with Crippen molar-refractivity contribution in [2.24, 2.45) is 0 Å². The van der Waals surface area contributed by atoms with Crippen molar-refractivity contribution in [2.75, 3.05) is 11.5 Å². The number of nitrogens with zero attached hydrogens (tertiary/aromatic N) is 2. The van der Waals surface area contributed by atoms with Crippen LogP contribution in [0.2, 0.25) is 10.0 Å². The van der Waals surface area contributed by atoms with Gasteiger partial charge in [-0.05, 0) is 67.3 Å². The van der Waals surface area contributed by atoms with E-state index in [0.29, 0.717) is 33.6 Å². The Morgan fingerprint density at radius 2 is 1.87 bits per heavy atom. The largest absolute Gasteiger partial charge is 0.507 e. The minimum absolute atomic E-state index is 0.0590. The number of carbonyl (C=O) groups is 2. The first-order valence-corrected chi connectivity index (χ1v) is 14.1. The van der Waals surface area contributed by atoms with Crippen molar-refractivity contribution < 1.29 is 19.4 Å². The summed E-state index contributed by atoms with van der Waals surface area (Å²) in [6.07, 6.45) is 1.87. The maximum absolute atomic E-state index is 13.6. The van der Waals surface area contributed by atoms with Gasteiger partial charge < -0.3 is 9.84 Å². The van der Waals surface area contributed by atoms with E-state index in [1.54, 1.807) is 42.5 Å². The van der Waals surface area contributed by atoms with Crippen LogP contribution < -0.4 is 9.64 Å². The van der Waals surface area contributed by atoms with Crippen molar-refractivity contribution in [1.82, 2.24) is 4.98 Å². The Morgan fingerprint density at radius 1 is 1.08 bits per heavy atom. The van der Waals surface area contributed by atoms with Gasteiger partial charge in [0.25, 0.3) is 5.78 Å². The Hall–Kier alpha value is -3.39. The van der Waals surface area contributed by atoms with Crippen LogP contribution in [0.5, 0.6) is 5.75 Å². The highest BCUT2D eigenvalue weighted by molar-refractivity contribution is 7.22. The monoisotopic (exact) mass is 580 g/mol. The van der Waals surface area contributed by atoms with E-state index in [0.717, 1.165) is 34.2 Å². The average Bonchev–Trinajstić information content (AvgIpc) is 3.44. The van der Waals surface area contributed by atoms with Crippen LogP contribution in [0.3, 0.4) is 0 Å². The number of thiazole rings is 1. The molecule has 1 N–H and O–H groups in total. The number of aliphatic hydroxyl groups excluding tert-OH is 1. The maximum Gasteiger partial charge on any atom is 0.301 e. The molecule has 1 saturated heterocycles. The predicted molar refractivity (Wildman–Crippen MR) is 157 cm³/mol. The van der Waals surface area contributed by atoms with Crippen LogP contribution in [0.4, 0.5) is 5.13 Å². The number of rotatable bonds is 7. The second-order valence-electron chi connectivity index (χ2n) is 9.50. The third-order valence-corrected chi connectivity index (χ3v) is 8.34. The highest BCUT2D eigenvalue weighted by Gasteiger charge is 2.48. The van der Waals surface area contributed by atoms with Gasteiger partial charge in [0, 0.05) is 5.56 Å². The van der Waals surface area contributed by atoms with Gasteiger partial charge in [-0.25, -0.2) is 4.98 Å². The number of aromatic nitrogens is 1. The molecule has 3 aromatic carbocycles. The summed E-state index contributed by atoms with van der Waals surface area (Å²) < 4.78 is 6.69. The number of hydrogen-bond acceptors (Lipinski definition) is 6. The topological polar surface area (TPSA) is 79.7 Å². The summed E-state index contributed by atoms with van der Waals surface area (Å²) in [6.45, 7) is 6.55. The van der Waals surface area contributed by atoms with E-state index in [4.69, 9.17) is 32.9 Å². The molecule has 1 aliphatic heterocycles. The van der Waals surface area contributed by atoms with E-state index in [2.05, 4.69) is 6.92 Å². The number of anilines is 1. The molecule has 1 unspecified atom stereocenters. The second kappa shape index (κ2) is 11.0. The van der Waals surface area contributed by atoms with Gasteiger partial charge in [0.2, 0.25) is 0 Å². The molecule has 0 aliphatic carbocycles. The molecule has 0 bridgehead atoms. The lowest BCUT2D eigenvalue weighted by molar-refractivity contribution is -0.132. The van der Waals surface area contributed by atoms with Crippen LogP contribution in [0.25, 0.3) is 16.0 Å². The number of ether oxygens (including phenoxy) is 1. The molecule has 39 heavy (non-hydrogen) atoms. The molecule has 6 nitrogen and oxygen atoms in total. The molecule has 1 aliphatic rings. The van der Waals surface area contributed by atoms with Gasteiger partial charge in [-0.3, -0.25) is 14.5 Å². The Balaban J connectivity index is 1.68. The summed E-state index contributed by atoms with van der Waals surface area (Å²) in [4.78, 5) is 33.2. The Kier molecular flexibility index (Phi) is 7.67. The summed E-state index contributed by atoms with van der Waals surface area (Å²) in [5.74, 6) is -1.34. The lowest BCUT2D eigenvalue weighted by Crippen LogP contribution is -2.29. The summed E-state index contributed by atoms with van der Waals surface area (Å²) in [5.41, 5.74) is 3.62. The van der Waals surface area contributed by atoms with Crippen LogP contribution in [-0.2, 0) is 9.59 Å². The summed E-state index contributed by atoms with van der Waals surface area (Å²) in [6, 6.07) is 14.8. The number of benzene rings is 3. The van der Waals surface area contributed by atoms with Crippen LogP contribution in [-0.4, -0.2) is 28.4 Å². The third-order valence-electron chi connectivity index (χ3n) is 6.60. The van der Waals surface area contributed by atoms with Gasteiger partial charge in [-0.15, -0.1) is 0 Å². The van der Waals surface area contributed by atoms with Crippen molar-refractivity contribution in [3.8, 4) is 5.75 Å². The lowest BCUT2D eigenvalue weighted by Gasteiger charge is -2.23. The van der Waals surface area contributed by atoms with E-state index in [1.165, 1.54) is 16.2 Å². The fourth-order valence-corrected chi connectivity index (χ4v) is 6.19. The first kappa shape index (κ1) is 27.2. The SMILES string of the molecule is CCCCOc1cccc(C(O)=C2C(=O)C(=O)N(c3nc4c(C)cc(C)cc4s3)C2c2ccc(Cl)c(Cl)c2)c1. The number of aliphatic hydroxyl groups is 1. The number of unbranched alkanes of at least 4 members (excludes halogenated alkanes) is 1. The highest BCUT2D eigenvalue weighted by Crippen LogP contribution is 2.45. The number of aryl methyl sites for hydroxylation is 2. The number of halogens is 2. The molecule has 5 rings (SSSR count). The number of Topliss-reactive ketones (excluding diaryl/α,β-unsaturated/α-hetero) is 1. The highest BCUT2D eigenvalue weighted by atomic mass is 35.5. The first-order valence-electron chi connectivity index (χ1n) is 12.6. The zero-order chi connectivity index (χ0) is 27.8. The average molecular weight is 582 g/mol. The molecule has 2 heterocycles. The summed E-state index contributed by atoms with van der Waals surface area (Å²) in [7, 11) is 0. The van der Waals surface area contributed by atoms with Gasteiger partial charge in [0.05, 0.1) is 38.5 Å². The number of fused-ring (bicyclic) bond motifs is 1. The van der Waals surface area contributed by atoms with Crippen LogP contribution >= 0.6 is 34.5 Å². The van der Waals surface area contributed by atoms with Gasteiger partial charge in [-0.1, -0.05) is 72.1 Å². The summed E-state index contributed by atoms with van der Waals surface area (Å²) in [5, 5.41) is 12.4. The van der Waals surface area contributed by atoms with E-state index >= 15 is 0 Å². The van der Waals surface area contributed by atoms with E-state index in [9.17, 15) is 14.7 Å². The van der Waals surface area contributed by atoms with E-state index in [-0.39, 0.29) is 16.4 Å². The van der Waals surface area contributed by atoms with Crippen LogP contribution in [0.1, 0.15) is 48.1 Å². The van der Waals surface area contributed by atoms with Crippen molar-refractivity contribution >= 4 is 67.3 Å². The minimum atomic E-state index is -0.966. The molecule has 1 atom stereocenters. The van der Waals surface area contributed by atoms with Crippen molar-refractivity contribution in [2.45, 2.75) is 39.7 Å². The van der Waals surface area contributed by atoms with Gasteiger partial charge >= 0.3 is 5.91 Å². The number of hydrogen-bond donors (Lipinski definition) is 1. The zero-order valence-corrected chi connectivity index (χ0v) is 24.0. The maximum atomic E-state index is 13.6. The number of ketones is 1. The van der Waals surface area contributed by atoms with Crippen molar-refractivity contribution in [1.29, 1.82) is 0 Å². The minimum Gasteiger partial charge on any atom is -0.507 e. The molecule has 9 heteroatoms. The van der Waals surface area contributed by atoms with Gasteiger partial charge in [0.1, 0.15) is 11.5 Å². The Morgan fingerprint density at radius 3 is 2.62 bits per heavy atom. The van der Waals surface area contributed by atoms with Crippen molar-refractivity contribution in [3.63, 3.8) is 0 Å². The smallest absolute Gasteiger partial charge is 0.301 e. The van der Waals surface area contributed by atoms with Gasteiger partial charge in [-0.2, -0.15) is 0 Å². The molecule has 4 aromatic rings. The fraction of sp³-hybridized carbons (Fsp3) is 0.233. The fourth-order valence-electron chi connectivity index (χ4n) is 4.71. The normalized spacial score (nSPS) is 16.8. The molecule has 0 saturated carbocycles. The third kappa shape index (κ3) is 5.14. The lowest BCUT2D eigenvalue weighted by atomic mass is 9.95. The quantitative estimate of drug-likeness (QED) is 0.103. The first-order chi connectivity index (χ1) is 18.7.